The molecular weight excluding hydrogens is 264 g/mol. The van der Waals surface area contributed by atoms with E-state index >= 15 is 0 Å². The molecule has 96 valence electrons. The molecule has 0 aromatic heterocycles. The van der Waals surface area contributed by atoms with Crippen molar-refractivity contribution in [2.75, 3.05) is 19.1 Å². The Morgan fingerprint density at radius 1 is 1.53 bits per heavy atom. The highest BCUT2D eigenvalue weighted by molar-refractivity contribution is 7.90. The monoisotopic (exact) mass is 278 g/mol. The first-order valence-electron chi connectivity index (χ1n) is 4.84. The lowest BCUT2D eigenvalue weighted by Gasteiger charge is -2.16. The number of nitrogens with two attached hydrogens (primary N) is 1. The molecule has 0 saturated heterocycles. The van der Waals surface area contributed by atoms with Gasteiger partial charge in [-0.15, -0.1) is 0 Å². The van der Waals surface area contributed by atoms with Crippen LogP contribution in [0, 0.1) is 0 Å². The van der Waals surface area contributed by atoms with Crippen LogP contribution < -0.4 is 16.0 Å². The van der Waals surface area contributed by atoms with Crippen molar-refractivity contribution in [3.8, 4) is 5.75 Å². The second-order valence-corrected chi connectivity index (χ2v) is 6.30. The van der Waals surface area contributed by atoms with E-state index in [9.17, 15) is 8.42 Å². The summed E-state index contributed by atoms with van der Waals surface area (Å²) in [5.41, 5.74) is 3.18. The van der Waals surface area contributed by atoms with Gasteiger partial charge >= 0.3 is 0 Å². The number of ether oxygens (including phenoxy) is 1. The summed E-state index contributed by atoms with van der Waals surface area (Å²) in [5.74, 6) is 5.75. The molecule has 1 aromatic rings. The van der Waals surface area contributed by atoms with Gasteiger partial charge in [-0.3, -0.25) is 11.3 Å². The zero-order valence-corrected chi connectivity index (χ0v) is 11.2. The first kappa shape index (κ1) is 14.2. The van der Waals surface area contributed by atoms with Crippen molar-refractivity contribution in [1.82, 2.24) is 5.43 Å². The summed E-state index contributed by atoms with van der Waals surface area (Å²) in [6.07, 6.45) is 1.16. The van der Waals surface area contributed by atoms with Crippen molar-refractivity contribution in [1.29, 1.82) is 0 Å². The predicted molar refractivity (Wildman–Crippen MR) is 67.8 cm³/mol. The third-order valence-corrected chi connectivity index (χ3v) is 3.50. The predicted octanol–water partition coefficient (Wildman–Crippen LogP) is 0.898. The highest BCUT2D eigenvalue weighted by Gasteiger charge is 2.17. The molecule has 1 aromatic carbocycles. The first-order chi connectivity index (χ1) is 7.87. The molecule has 0 fully saturated rings. The van der Waals surface area contributed by atoms with E-state index in [4.69, 9.17) is 22.2 Å². The van der Waals surface area contributed by atoms with E-state index in [1.807, 2.05) is 0 Å². The quantitative estimate of drug-likeness (QED) is 0.618. The summed E-state index contributed by atoms with van der Waals surface area (Å²) >= 11 is 5.88. The topological polar surface area (TPSA) is 81.4 Å². The van der Waals surface area contributed by atoms with Gasteiger partial charge in [0.1, 0.15) is 15.6 Å². The van der Waals surface area contributed by atoms with Crippen molar-refractivity contribution in [3.63, 3.8) is 0 Å². The molecule has 0 aliphatic rings. The molecule has 1 rings (SSSR count). The first-order valence-corrected chi connectivity index (χ1v) is 7.28. The fourth-order valence-corrected chi connectivity index (χ4v) is 2.53. The van der Waals surface area contributed by atoms with Gasteiger partial charge in [0.05, 0.1) is 23.9 Å². The molecule has 7 heteroatoms. The highest BCUT2D eigenvalue weighted by atomic mass is 35.5. The Hall–Kier alpha value is -0.820. The van der Waals surface area contributed by atoms with E-state index < -0.39 is 15.9 Å². The summed E-state index contributed by atoms with van der Waals surface area (Å²) in [7, 11) is -1.64. The van der Waals surface area contributed by atoms with E-state index in [0.717, 1.165) is 6.26 Å². The molecule has 17 heavy (non-hydrogen) atoms. The minimum atomic E-state index is -3.13. The third-order valence-electron chi connectivity index (χ3n) is 2.25. The van der Waals surface area contributed by atoms with Gasteiger partial charge in [-0.25, -0.2) is 8.42 Å². The minimum absolute atomic E-state index is 0.0890. The second kappa shape index (κ2) is 5.68. The van der Waals surface area contributed by atoms with Crippen LogP contribution in [-0.4, -0.2) is 27.5 Å². The summed E-state index contributed by atoms with van der Waals surface area (Å²) < 4.78 is 27.5. The van der Waals surface area contributed by atoms with Gasteiger partial charge in [0.15, 0.2) is 0 Å². The fourth-order valence-electron chi connectivity index (χ4n) is 1.44. The molecule has 0 spiro atoms. The molecule has 0 radical (unpaired) electrons. The van der Waals surface area contributed by atoms with E-state index in [1.165, 1.54) is 7.11 Å². The van der Waals surface area contributed by atoms with Crippen LogP contribution in [0.25, 0.3) is 0 Å². The summed E-state index contributed by atoms with van der Waals surface area (Å²) in [5, 5.41) is 0.464. The van der Waals surface area contributed by atoms with Crippen molar-refractivity contribution in [3.05, 3.63) is 28.8 Å². The number of benzene rings is 1. The highest BCUT2D eigenvalue weighted by Crippen LogP contribution is 2.27. The molecule has 0 amide bonds. The van der Waals surface area contributed by atoms with Crippen molar-refractivity contribution < 1.29 is 13.2 Å². The molecule has 1 unspecified atom stereocenters. The normalized spacial score (nSPS) is 13.4. The maximum Gasteiger partial charge on any atom is 0.149 e. The van der Waals surface area contributed by atoms with Crippen LogP contribution in [0.15, 0.2) is 18.2 Å². The number of hydrazine groups is 1. The van der Waals surface area contributed by atoms with Gasteiger partial charge in [-0.05, 0) is 17.7 Å². The van der Waals surface area contributed by atoms with Crippen molar-refractivity contribution in [2.45, 2.75) is 6.04 Å². The second-order valence-electron chi connectivity index (χ2n) is 3.71. The Labute approximate surface area is 106 Å². The third kappa shape index (κ3) is 4.16. The van der Waals surface area contributed by atoms with Gasteiger partial charge in [-0.2, -0.15) is 0 Å². The zero-order valence-electron chi connectivity index (χ0n) is 9.60. The number of halogens is 1. The molecule has 1 atom stereocenters. The van der Waals surface area contributed by atoms with Gasteiger partial charge in [0.2, 0.25) is 0 Å². The van der Waals surface area contributed by atoms with E-state index in [-0.39, 0.29) is 5.75 Å². The Morgan fingerprint density at radius 3 is 2.65 bits per heavy atom. The maximum absolute atomic E-state index is 11.2. The fraction of sp³-hybridized carbons (Fsp3) is 0.400. The van der Waals surface area contributed by atoms with Gasteiger partial charge in [0, 0.05) is 6.26 Å². The number of methoxy groups -OCH3 is 1. The Morgan fingerprint density at radius 2 is 2.18 bits per heavy atom. The standard InChI is InChI=1S/C10H15ClN2O3S/c1-16-10-5-7(3-4-8(10)11)9(13-12)6-17(2,14)15/h3-5,9,13H,6,12H2,1-2H3. The molecule has 5 nitrogen and oxygen atoms in total. The van der Waals surface area contributed by atoms with Crippen molar-refractivity contribution in [2.24, 2.45) is 5.84 Å². The van der Waals surface area contributed by atoms with Gasteiger partial charge in [-0.1, -0.05) is 17.7 Å². The molecule has 0 aliphatic heterocycles. The molecule has 0 saturated carbocycles. The van der Waals surface area contributed by atoms with Crippen LogP contribution in [0.4, 0.5) is 0 Å². The minimum Gasteiger partial charge on any atom is -0.495 e. The molecular formula is C10H15ClN2O3S. The summed E-state index contributed by atoms with van der Waals surface area (Å²) in [6.45, 7) is 0. The smallest absolute Gasteiger partial charge is 0.149 e. The van der Waals surface area contributed by atoms with Crippen LogP contribution in [0.1, 0.15) is 11.6 Å². The average molecular weight is 279 g/mol. The van der Waals surface area contributed by atoms with Gasteiger partial charge in [0.25, 0.3) is 0 Å². The average Bonchev–Trinajstić information content (AvgIpc) is 2.25. The van der Waals surface area contributed by atoms with Gasteiger partial charge < -0.3 is 4.74 Å². The van der Waals surface area contributed by atoms with Crippen LogP contribution in [0.2, 0.25) is 5.02 Å². The Balaban J connectivity index is 3.04. The van der Waals surface area contributed by atoms with Crippen LogP contribution in [-0.2, 0) is 9.84 Å². The number of hydrogen-bond donors (Lipinski definition) is 2. The van der Waals surface area contributed by atoms with E-state index in [1.54, 1.807) is 18.2 Å². The zero-order chi connectivity index (χ0) is 13.1. The Kier molecular flexibility index (Phi) is 4.76. The number of sulfone groups is 1. The lowest BCUT2D eigenvalue weighted by atomic mass is 10.1. The summed E-state index contributed by atoms with van der Waals surface area (Å²) in [6, 6.07) is 4.53. The maximum atomic E-state index is 11.2. The van der Waals surface area contributed by atoms with Crippen LogP contribution in [0.5, 0.6) is 5.75 Å². The summed E-state index contributed by atoms with van der Waals surface area (Å²) in [4.78, 5) is 0. The molecule has 3 N–H and O–H groups in total. The lowest BCUT2D eigenvalue weighted by molar-refractivity contribution is 0.413. The van der Waals surface area contributed by atoms with Crippen LogP contribution in [0.3, 0.4) is 0 Å². The molecule has 0 aliphatic carbocycles. The molecule has 0 heterocycles. The largest absolute Gasteiger partial charge is 0.495 e. The number of hydrogen-bond acceptors (Lipinski definition) is 5. The Bertz CT molecular complexity index is 490. The van der Waals surface area contributed by atoms with Crippen molar-refractivity contribution >= 4 is 21.4 Å². The lowest BCUT2D eigenvalue weighted by Crippen LogP contribution is -2.33. The SMILES string of the molecule is COc1cc(C(CS(C)(=O)=O)NN)ccc1Cl. The number of rotatable bonds is 5. The van der Waals surface area contributed by atoms with E-state index in [2.05, 4.69) is 5.43 Å². The van der Waals surface area contributed by atoms with Crippen LogP contribution >= 0.6 is 11.6 Å². The van der Waals surface area contributed by atoms with E-state index in [0.29, 0.717) is 16.3 Å². The molecule has 0 bridgehead atoms. The number of nitrogens with one attached hydrogen (secondary N) is 1.